The summed E-state index contributed by atoms with van der Waals surface area (Å²) in [7, 11) is -4.64. The minimum atomic E-state index is -4.64. The van der Waals surface area contributed by atoms with E-state index in [1.165, 1.54) is 0 Å². The van der Waals surface area contributed by atoms with Gasteiger partial charge >= 0.3 is 97.2 Å². The summed E-state index contributed by atoms with van der Waals surface area (Å²) in [5.41, 5.74) is 0. The van der Waals surface area contributed by atoms with Crippen molar-refractivity contribution in [3.63, 3.8) is 0 Å². The van der Waals surface area contributed by atoms with Crippen LogP contribution in [0.4, 0.5) is 4.79 Å². The monoisotopic (exact) mass is 292 g/mol. The third kappa shape index (κ3) is 276. The molecule has 0 aliphatic heterocycles. The van der Waals surface area contributed by atoms with Crippen molar-refractivity contribution in [3.8, 4) is 0 Å². The fourth-order valence-corrected chi connectivity index (χ4v) is 0. The zero-order valence-electron chi connectivity index (χ0n) is 4.00. The molecule has 0 unspecified atom stereocenters. The van der Waals surface area contributed by atoms with E-state index in [4.69, 9.17) is 34.3 Å². The van der Waals surface area contributed by atoms with Crippen LogP contribution in [0, 0.1) is 0 Å². The average Bonchev–Trinajstić information content (AvgIpc) is 1.19. The van der Waals surface area contributed by atoms with Gasteiger partial charge in [-0.1, -0.05) is 0 Å². The first-order chi connectivity index (χ1) is 3.73. The van der Waals surface area contributed by atoms with E-state index in [0.29, 0.717) is 0 Å². The number of carbonyl (C=O) groups is 1. The molecule has 0 amide bonds. The molecule has 0 aliphatic carbocycles. The van der Waals surface area contributed by atoms with Crippen molar-refractivity contribution >= 4 is 97.2 Å². The van der Waals surface area contributed by atoms with Crippen LogP contribution < -0.4 is 0 Å². The van der Waals surface area contributed by atoms with Crippen molar-refractivity contribution in [1.82, 2.24) is 0 Å². The molecule has 0 aromatic carbocycles. The predicted octanol–water partition coefficient (Wildman–Crippen LogP) is -2.54. The number of rotatable bonds is 0. The van der Waals surface area contributed by atoms with Gasteiger partial charge in [0.15, 0.2) is 0 Å². The molecule has 7 nitrogen and oxygen atoms in total. The molecule has 0 saturated heterocycles. The van der Waals surface area contributed by atoms with E-state index in [0.717, 1.165) is 0 Å². The van der Waals surface area contributed by atoms with Crippen LogP contribution >= 0.6 is 7.82 Å². The van der Waals surface area contributed by atoms with Gasteiger partial charge in [-0.3, -0.25) is 0 Å². The van der Waals surface area contributed by atoms with Crippen molar-refractivity contribution in [2.75, 3.05) is 0 Å². The van der Waals surface area contributed by atoms with Crippen LogP contribution in [0.2, 0.25) is 0 Å². The molecule has 0 spiro atoms. The first-order valence-electron chi connectivity index (χ1n) is 1.43. The third-order valence-electron chi connectivity index (χ3n) is 0. The molecular weight excluding hydrogens is 283 g/mol. The molecule has 0 fully saturated rings. The maximum absolute atomic E-state index is 8.88. The Labute approximate surface area is 129 Å². The van der Waals surface area contributed by atoms with Crippen LogP contribution in [0.5, 0.6) is 0 Å². The van der Waals surface area contributed by atoms with E-state index in [1.807, 2.05) is 0 Å². The van der Waals surface area contributed by atoms with Crippen molar-refractivity contribution in [3.05, 3.63) is 0 Å². The van der Waals surface area contributed by atoms with Gasteiger partial charge in [0.05, 0.1) is 0 Å². The van der Waals surface area contributed by atoms with Gasteiger partial charge in [0.1, 0.15) is 0 Å². The molecule has 0 aromatic heterocycles. The molecule has 0 rings (SSSR count). The van der Waals surface area contributed by atoms with E-state index < -0.39 is 14.0 Å². The first-order valence-corrected chi connectivity index (χ1v) is 3.00. The second-order valence-corrected chi connectivity index (χ2v) is 1.82. The van der Waals surface area contributed by atoms with Crippen LogP contribution in [0.25, 0.3) is 0 Å². The fourth-order valence-electron chi connectivity index (χ4n) is 0. The summed E-state index contributed by atoms with van der Waals surface area (Å²) < 4.78 is 8.88. The van der Waals surface area contributed by atoms with Gasteiger partial charge < -0.3 is 24.9 Å². The minimum absolute atomic E-state index is 0. The standard InChI is InChI=1S/CH2O3.Ca.H3O4P.Sr.4H/c2-1(3)4;;1-5(2,3)4;;;;;/h(H2,2,3,4);;(H3,1,2,3,4);;;;;. The fraction of sp³-hybridized carbons (Fsp3) is 0. The second-order valence-electron chi connectivity index (χ2n) is 0.796. The Hall–Kier alpha value is 2.12. The van der Waals surface area contributed by atoms with Crippen LogP contribution in [-0.4, -0.2) is 114 Å². The summed E-state index contributed by atoms with van der Waals surface area (Å²) in [6, 6.07) is 0. The SMILES string of the molecule is O=C(O)O.O=P(O)(O)O.[CaH2].[SrH2]. The molecule has 0 saturated carbocycles. The summed E-state index contributed by atoms with van der Waals surface area (Å²) in [6.07, 6.45) is -1.83. The van der Waals surface area contributed by atoms with Gasteiger partial charge in [0.2, 0.25) is 0 Å². The Morgan fingerprint density at radius 2 is 1.09 bits per heavy atom. The summed E-state index contributed by atoms with van der Waals surface area (Å²) in [5, 5.41) is 13.9. The van der Waals surface area contributed by atoms with E-state index in [9.17, 15) is 0 Å². The Balaban J connectivity index is -0.0000000383. The zero-order chi connectivity index (χ0) is 8.08. The van der Waals surface area contributed by atoms with Crippen molar-refractivity contribution < 1.29 is 34.3 Å². The van der Waals surface area contributed by atoms with Crippen molar-refractivity contribution in [1.29, 1.82) is 0 Å². The van der Waals surface area contributed by atoms with Gasteiger partial charge in [0, 0.05) is 0 Å². The number of hydrogen-bond acceptors (Lipinski definition) is 2. The molecule has 64 valence electrons. The average molecular weight is 292 g/mol. The summed E-state index contributed by atoms with van der Waals surface area (Å²) in [5.74, 6) is 0. The maximum atomic E-state index is 8.88. The molecule has 11 heavy (non-hydrogen) atoms. The molecule has 10 heteroatoms. The van der Waals surface area contributed by atoms with E-state index in [2.05, 4.69) is 0 Å². The van der Waals surface area contributed by atoms with Gasteiger partial charge in [0.25, 0.3) is 0 Å². The van der Waals surface area contributed by atoms with Gasteiger partial charge in [-0.15, -0.1) is 0 Å². The second kappa shape index (κ2) is 12.1. The van der Waals surface area contributed by atoms with Crippen LogP contribution in [0.15, 0.2) is 0 Å². The van der Waals surface area contributed by atoms with E-state index in [-0.39, 0.29) is 83.2 Å². The van der Waals surface area contributed by atoms with E-state index in [1.54, 1.807) is 0 Å². The molecule has 0 aromatic rings. The summed E-state index contributed by atoms with van der Waals surface area (Å²) in [4.78, 5) is 30.1. The van der Waals surface area contributed by atoms with Crippen LogP contribution in [0.3, 0.4) is 0 Å². The number of phosphoric acid groups is 1. The number of carboxylic acid groups (broad SMARTS) is 2. The van der Waals surface area contributed by atoms with E-state index >= 15 is 0 Å². The van der Waals surface area contributed by atoms with Crippen molar-refractivity contribution in [2.45, 2.75) is 0 Å². The summed E-state index contributed by atoms with van der Waals surface area (Å²) >= 11 is 0. The zero-order valence-corrected chi connectivity index (χ0v) is 4.89. The first kappa shape index (κ1) is 23.2. The molecular formula is CH9CaO7PSr. The van der Waals surface area contributed by atoms with Gasteiger partial charge in [-0.25, -0.2) is 9.36 Å². The Kier molecular flexibility index (Phi) is 25.5. The molecule has 0 heterocycles. The molecule has 0 atom stereocenters. The molecule has 0 aliphatic rings. The topological polar surface area (TPSA) is 135 Å². The Morgan fingerprint density at radius 1 is 1.09 bits per heavy atom. The molecule has 5 N–H and O–H groups in total. The van der Waals surface area contributed by atoms with Crippen LogP contribution in [-0.2, 0) is 4.57 Å². The van der Waals surface area contributed by atoms with Gasteiger partial charge in [-0.05, 0) is 0 Å². The molecule has 0 bridgehead atoms. The van der Waals surface area contributed by atoms with Gasteiger partial charge in [-0.2, -0.15) is 0 Å². The number of hydrogen-bond donors (Lipinski definition) is 5. The Bertz CT molecular complexity index is 118. The molecule has 0 radical (unpaired) electrons. The predicted molar refractivity (Wildman–Crippen MR) is 42.0 cm³/mol. The third-order valence-corrected chi connectivity index (χ3v) is 0. The Morgan fingerprint density at radius 3 is 1.09 bits per heavy atom. The van der Waals surface area contributed by atoms with Crippen LogP contribution in [0.1, 0.15) is 0 Å². The van der Waals surface area contributed by atoms with Crippen molar-refractivity contribution in [2.24, 2.45) is 0 Å². The quantitative estimate of drug-likeness (QED) is 0.245. The normalized spacial score (nSPS) is 7.55. The summed E-state index contributed by atoms with van der Waals surface area (Å²) in [6.45, 7) is 0.